The lowest BCUT2D eigenvalue weighted by Crippen LogP contribution is -2.59. The van der Waals surface area contributed by atoms with Crippen molar-refractivity contribution in [2.75, 3.05) is 6.61 Å². The molecule has 0 aromatic carbocycles. The van der Waals surface area contributed by atoms with Gasteiger partial charge in [0.05, 0.1) is 18.3 Å². The van der Waals surface area contributed by atoms with Crippen LogP contribution in [0.1, 0.15) is 83.5 Å². The van der Waals surface area contributed by atoms with E-state index in [0.717, 1.165) is 32.1 Å². The molecule has 9 nitrogen and oxygen atoms in total. The number of amides is 3. The van der Waals surface area contributed by atoms with Gasteiger partial charge in [-0.2, -0.15) is 5.10 Å². The van der Waals surface area contributed by atoms with Gasteiger partial charge in [0.25, 0.3) is 5.91 Å². The largest absolute Gasteiger partial charge is 0.477 e. The fourth-order valence-electron chi connectivity index (χ4n) is 7.00. The zero-order chi connectivity index (χ0) is 26.3. The standard InChI is InChI=1S/C27H41N5O4/c1-16(2)15-36-25-21(14-29-32(25)7-6-26(4,5)31-17(3)33)24(35)30-23-19-8-18-9-20(23)12-27(10-18,11-19)13-22(28)34/h6-7,14,16,18-20,23H,8-13,15H2,1-5H3,(H2,28,34)(H,30,35)(H,31,33)/b7-6+. The molecule has 4 fully saturated rings. The zero-order valence-corrected chi connectivity index (χ0v) is 22.2. The van der Waals surface area contributed by atoms with Gasteiger partial charge in [0.15, 0.2) is 0 Å². The summed E-state index contributed by atoms with van der Waals surface area (Å²) in [4.78, 5) is 36.8. The highest BCUT2D eigenvalue weighted by Crippen LogP contribution is 2.61. The Labute approximate surface area is 213 Å². The minimum absolute atomic E-state index is 0.0193. The van der Waals surface area contributed by atoms with Gasteiger partial charge in [-0.1, -0.05) is 13.8 Å². The Morgan fingerprint density at radius 1 is 1.25 bits per heavy atom. The molecule has 9 heteroatoms. The predicted molar refractivity (Wildman–Crippen MR) is 137 cm³/mol. The molecule has 5 rings (SSSR count). The van der Waals surface area contributed by atoms with Gasteiger partial charge in [0.1, 0.15) is 5.56 Å². The maximum atomic E-state index is 13.5. The SMILES string of the molecule is CC(=O)NC(C)(C)/C=C/n1ncc(C(=O)NC2C3CC4CC2CC(CC(N)=O)(C4)C3)c1OCC(C)C. The van der Waals surface area contributed by atoms with Gasteiger partial charge in [-0.25, -0.2) is 4.68 Å². The molecule has 1 aromatic rings. The van der Waals surface area contributed by atoms with Gasteiger partial charge in [-0.15, -0.1) is 0 Å². The number of nitrogens with zero attached hydrogens (tertiary/aromatic N) is 2. The molecule has 0 saturated heterocycles. The van der Waals surface area contributed by atoms with Crippen LogP contribution in [0.15, 0.2) is 12.3 Å². The van der Waals surface area contributed by atoms with E-state index in [1.54, 1.807) is 17.1 Å². The van der Waals surface area contributed by atoms with Gasteiger partial charge in [0.2, 0.25) is 17.7 Å². The van der Waals surface area contributed by atoms with Gasteiger partial charge in [-0.05, 0) is 81.1 Å². The third kappa shape index (κ3) is 5.76. The van der Waals surface area contributed by atoms with Gasteiger partial charge in [-0.3, -0.25) is 14.4 Å². The monoisotopic (exact) mass is 499 g/mol. The summed E-state index contributed by atoms with van der Waals surface area (Å²) in [6.07, 6.45) is 10.7. The quantitative estimate of drug-likeness (QED) is 0.456. The van der Waals surface area contributed by atoms with Crippen LogP contribution < -0.4 is 21.1 Å². The number of aromatic nitrogens is 2. The Kier molecular flexibility index (Phi) is 7.21. The van der Waals surface area contributed by atoms with E-state index >= 15 is 0 Å². The Morgan fingerprint density at radius 2 is 1.92 bits per heavy atom. The molecule has 4 N–H and O–H groups in total. The van der Waals surface area contributed by atoms with E-state index < -0.39 is 5.54 Å². The normalized spacial score (nSPS) is 29.1. The summed E-state index contributed by atoms with van der Waals surface area (Å²) >= 11 is 0. The highest BCUT2D eigenvalue weighted by atomic mass is 16.5. The average Bonchev–Trinajstić information content (AvgIpc) is 3.14. The van der Waals surface area contributed by atoms with Crippen molar-refractivity contribution in [3.63, 3.8) is 0 Å². The van der Waals surface area contributed by atoms with Crippen molar-refractivity contribution in [2.45, 2.75) is 84.7 Å². The van der Waals surface area contributed by atoms with Crippen LogP contribution in [0.4, 0.5) is 0 Å². The highest BCUT2D eigenvalue weighted by molar-refractivity contribution is 5.96. The Hall–Kier alpha value is -2.84. The summed E-state index contributed by atoms with van der Waals surface area (Å²) in [5.74, 6) is 1.50. The van der Waals surface area contributed by atoms with Crippen molar-refractivity contribution in [3.05, 3.63) is 17.8 Å². The lowest BCUT2D eigenvalue weighted by molar-refractivity contribution is -0.128. The van der Waals surface area contributed by atoms with E-state index in [2.05, 4.69) is 15.7 Å². The summed E-state index contributed by atoms with van der Waals surface area (Å²) in [5, 5.41) is 10.6. The summed E-state index contributed by atoms with van der Waals surface area (Å²) in [6.45, 7) is 9.78. The summed E-state index contributed by atoms with van der Waals surface area (Å²) in [6, 6.07) is 0.0885. The number of primary amides is 1. The number of nitrogens with two attached hydrogens (primary N) is 1. The second-order valence-electron chi connectivity index (χ2n) is 12.3. The third-order valence-corrected chi connectivity index (χ3v) is 7.93. The third-order valence-electron chi connectivity index (χ3n) is 7.93. The number of ether oxygens (including phenoxy) is 1. The average molecular weight is 500 g/mol. The van der Waals surface area contributed by atoms with Crippen molar-refractivity contribution < 1.29 is 19.1 Å². The molecule has 36 heavy (non-hydrogen) atoms. The van der Waals surface area contributed by atoms with Crippen molar-refractivity contribution in [1.82, 2.24) is 20.4 Å². The maximum absolute atomic E-state index is 13.5. The zero-order valence-electron chi connectivity index (χ0n) is 22.2. The fraction of sp³-hybridized carbons (Fsp3) is 0.704. The molecule has 2 unspecified atom stereocenters. The van der Waals surface area contributed by atoms with Gasteiger partial charge < -0.3 is 21.1 Å². The second kappa shape index (κ2) is 9.90. The first-order valence-corrected chi connectivity index (χ1v) is 13.1. The molecular weight excluding hydrogens is 458 g/mol. The maximum Gasteiger partial charge on any atom is 0.258 e. The molecule has 3 amide bonds. The molecule has 0 radical (unpaired) electrons. The number of carbonyl (C=O) groups excluding carboxylic acids is 3. The van der Waals surface area contributed by atoms with E-state index in [1.807, 2.05) is 33.8 Å². The number of hydrogen-bond acceptors (Lipinski definition) is 5. The smallest absolute Gasteiger partial charge is 0.258 e. The van der Waals surface area contributed by atoms with Crippen LogP contribution in [-0.2, 0) is 9.59 Å². The summed E-state index contributed by atoms with van der Waals surface area (Å²) in [7, 11) is 0. The topological polar surface area (TPSA) is 128 Å². The number of hydrogen-bond donors (Lipinski definition) is 3. The number of nitrogens with one attached hydrogen (secondary N) is 2. The molecule has 4 aliphatic rings. The molecule has 4 saturated carbocycles. The molecular formula is C27H41N5O4. The Balaban J connectivity index is 1.52. The first kappa shape index (κ1) is 26.2. The van der Waals surface area contributed by atoms with Gasteiger partial charge >= 0.3 is 0 Å². The minimum Gasteiger partial charge on any atom is -0.477 e. The minimum atomic E-state index is -0.587. The van der Waals surface area contributed by atoms with Crippen LogP contribution >= 0.6 is 0 Å². The van der Waals surface area contributed by atoms with E-state index in [1.165, 1.54) is 6.92 Å². The Morgan fingerprint density at radius 3 is 2.50 bits per heavy atom. The van der Waals surface area contributed by atoms with Crippen LogP contribution in [-0.4, -0.2) is 45.7 Å². The Bertz CT molecular complexity index is 1030. The lowest BCUT2D eigenvalue weighted by atomic mass is 9.47. The van der Waals surface area contributed by atoms with E-state index in [0.29, 0.717) is 42.2 Å². The van der Waals surface area contributed by atoms with Gasteiger partial charge in [0, 0.05) is 25.6 Å². The van der Waals surface area contributed by atoms with Crippen molar-refractivity contribution >= 4 is 23.9 Å². The lowest BCUT2D eigenvalue weighted by Gasteiger charge is -2.60. The van der Waals surface area contributed by atoms with Crippen LogP contribution in [0.3, 0.4) is 0 Å². The van der Waals surface area contributed by atoms with Crippen molar-refractivity contribution in [2.24, 2.45) is 34.8 Å². The van der Waals surface area contributed by atoms with Crippen LogP contribution in [0.2, 0.25) is 0 Å². The van der Waals surface area contributed by atoms with Crippen molar-refractivity contribution in [1.29, 1.82) is 0 Å². The second-order valence-corrected chi connectivity index (χ2v) is 12.3. The predicted octanol–water partition coefficient (Wildman–Crippen LogP) is 3.10. The van der Waals surface area contributed by atoms with Crippen molar-refractivity contribution in [3.8, 4) is 5.88 Å². The van der Waals surface area contributed by atoms with Crippen LogP contribution in [0.25, 0.3) is 6.20 Å². The molecule has 4 bridgehead atoms. The number of rotatable bonds is 10. The van der Waals surface area contributed by atoms with E-state index in [4.69, 9.17) is 10.5 Å². The van der Waals surface area contributed by atoms with E-state index in [-0.39, 0.29) is 35.1 Å². The molecule has 198 valence electrons. The molecule has 2 atom stereocenters. The molecule has 1 aromatic heterocycles. The van der Waals surface area contributed by atoms with E-state index in [9.17, 15) is 14.4 Å². The molecule has 0 aliphatic heterocycles. The first-order chi connectivity index (χ1) is 16.9. The van der Waals surface area contributed by atoms with Crippen LogP contribution in [0.5, 0.6) is 5.88 Å². The molecule has 0 spiro atoms. The molecule has 4 aliphatic carbocycles. The summed E-state index contributed by atoms with van der Waals surface area (Å²) < 4.78 is 7.61. The molecule has 1 heterocycles. The summed E-state index contributed by atoms with van der Waals surface area (Å²) in [5.41, 5.74) is 5.42. The first-order valence-electron chi connectivity index (χ1n) is 13.1. The van der Waals surface area contributed by atoms with Crippen LogP contribution in [0, 0.1) is 29.1 Å². The fourth-order valence-corrected chi connectivity index (χ4v) is 7.00. The number of carbonyl (C=O) groups is 3. The highest BCUT2D eigenvalue weighted by Gasteiger charge is 2.56.